The summed E-state index contributed by atoms with van der Waals surface area (Å²) in [6.07, 6.45) is 3.77. The first-order valence-electron chi connectivity index (χ1n) is 7.64. The molecule has 0 amide bonds. The highest BCUT2D eigenvalue weighted by molar-refractivity contribution is 5.24. The SMILES string of the molecule is CN1CCC[C@H](c2ccccc2)[C@@H]1Cc1ccccc1. The van der Waals surface area contributed by atoms with Crippen molar-refractivity contribution in [2.24, 2.45) is 0 Å². The van der Waals surface area contributed by atoms with Crippen molar-refractivity contribution < 1.29 is 0 Å². The van der Waals surface area contributed by atoms with E-state index in [-0.39, 0.29) is 0 Å². The van der Waals surface area contributed by atoms with E-state index in [1.165, 1.54) is 30.5 Å². The van der Waals surface area contributed by atoms with Crippen LogP contribution in [0.15, 0.2) is 60.7 Å². The predicted octanol–water partition coefficient (Wildman–Crippen LogP) is 4.11. The molecule has 20 heavy (non-hydrogen) atoms. The topological polar surface area (TPSA) is 3.24 Å². The second-order valence-corrected chi connectivity index (χ2v) is 5.90. The number of likely N-dealkylation sites (N-methyl/N-ethyl adjacent to an activating group) is 1. The quantitative estimate of drug-likeness (QED) is 0.807. The number of nitrogens with zero attached hydrogens (tertiary/aromatic N) is 1. The van der Waals surface area contributed by atoms with Gasteiger partial charge in [-0.15, -0.1) is 0 Å². The van der Waals surface area contributed by atoms with E-state index in [1.807, 2.05) is 0 Å². The lowest BCUT2D eigenvalue weighted by Crippen LogP contribution is -2.42. The van der Waals surface area contributed by atoms with Crippen LogP contribution in [0.3, 0.4) is 0 Å². The number of likely N-dealkylation sites (tertiary alicyclic amines) is 1. The van der Waals surface area contributed by atoms with Crippen LogP contribution >= 0.6 is 0 Å². The van der Waals surface area contributed by atoms with E-state index < -0.39 is 0 Å². The minimum absolute atomic E-state index is 0.619. The zero-order chi connectivity index (χ0) is 13.8. The van der Waals surface area contributed by atoms with E-state index >= 15 is 0 Å². The van der Waals surface area contributed by atoms with Crippen molar-refractivity contribution in [2.45, 2.75) is 31.2 Å². The summed E-state index contributed by atoms with van der Waals surface area (Å²) in [5.41, 5.74) is 2.95. The normalized spacial score (nSPS) is 23.6. The van der Waals surface area contributed by atoms with Crippen molar-refractivity contribution >= 4 is 0 Å². The van der Waals surface area contributed by atoms with Gasteiger partial charge in [-0.2, -0.15) is 0 Å². The molecule has 1 aliphatic rings. The van der Waals surface area contributed by atoms with Crippen LogP contribution in [0.2, 0.25) is 0 Å². The summed E-state index contributed by atoms with van der Waals surface area (Å²) in [6, 6.07) is 22.6. The highest BCUT2D eigenvalue weighted by Crippen LogP contribution is 2.33. The van der Waals surface area contributed by atoms with Gasteiger partial charge in [0.15, 0.2) is 0 Å². The van der Waals surface area contributed by atoms with Crippen LogP contribution in [0.5, 0.6) is 0 Å². The van der Waals surface area contributed by atoms with Crippen LogP contribution in [0.4, 0.5) is 0 Å². The highest BCUT2D eigenvalue weighted by atomic mass is 15.1. The predicted molar refractivity (Wildman–Crippen MR) is 85.0 cm³/mol. The number of piperidine rings is 1. The minimum Gasteiger partial charge on any atom is -0.302 e. The molecule has 0 bridgehead atoms. The molecule has 2 atom stereocenters. The molecule has 1 aliphatic heterocycles. The summed E-state index contributed by atoms with van der Waals surface area (Å²) in [5.74, 6) is 0.662. The van der Waals surface area contributed by atoms with E-state index in [1.54, 1.807) is 0 Å². The summed E-state index contributed by atoms with van der Waals surface area (Å²) in [4.78, 5) is 2.55. The molecule has 0 spiro atoms. The Hall–Kier alpha value is -1.60. The number of rotatable bonds is 3. The molecule has 1 heterocycles. The number of hydrogen-bond acceptors (Lipinski definition) is 1. The molecular formula is C19H23N. The molecule has 3 rings (SSSR count). The van der Waals surface area contributed by atoms with Gasteiger partial charge in [-0.25, -0.2) is 0 Å². The third-order valence-corrected chi connectivity index (χ3v) is 4.57. The third kappa shape index (κ3) is 2.94. The van der Waals surface area contributed by atoms with Gasteiger partial charge in [0.2, 0.25) is 0 Å². The van der Waals surface area contributed by atoms with Gasteiger partial charge in [0.05, 0.1) is 0 Å². The second-order valence-electron chi connectivity index (χ2n) is 5.90. The molecular weight excluding hydrogens is 242 g/mol. The fourth-order valence-electron chi connectivity index (χ4n) is 3.47. The van der Waals surface area contributed by atoms with Crippen LogP contribution in [0.25, 0.3) is 0 Å². The monoisotopic (exact) mass is 265 g/mol. The molecule has 104 valence electrons. The molecule has 0 unspecified atom stereocenters. The molecule has 0 aliphatic carbocycles. The number of benzene rings is 2. The van der Waals surface area contributed by atoms with Crippen LogP contribution in [-0.4, -0.2) is 24.5 Å². The molecule has 0 aromatic heterocycles. The van der Waals surface area contributed by atoms with Gasteiger partial charge in [-0.1, -0.05) is 60.7 Å². The van der Waals surface area contributed by atoms with Gasteiger partial charge in [0, 0.05) is 6.04 Å². The summed E-state index contributed by atoms with van der Waals surface area (Å²) < 4.78 is 0. The fourth-order valence-corrected chi connectivity index (χ4v) is 3.47. The zero-order valence-corrected chi connectivity index (χ0v) is 12.2. The lowest BCUT2D eigenvalue weighted by Gasteiger charge is -2.39. The third-order valence-electron chi connectivity index (χ3n) is 4.57. The summed E-state index contributed by atoms with van der Waals surface area (Å²) >= 11 is 0. The minimum atomic E-state index is 0.619. The maximum absolute atomic E-state index is 2.55. The molecule has 1 saturated heterocycles. The molecule has 0 N–H and O–H groups in total. The molecule has 2 aromatic carbocycles. The van der Waals surface area contributed by atoms with Crippen molar-refractivity contribution in [1.29, 1.82) is 0 Å². The Balaban J connectivity index is 1.84. The van der Waals surface area contributed by atoms with Gasteiger partial charge in [0.25, 0.3) is 0 Å². The Bertz CT molecular complexity index is 520. The van der Waals surface area contributed by atoms with Crippen molar-refractivity contribution in [3.8, 4) is 0 Å². The molecule has 1 nitrogen and oxygen atoms in total. The Morgan fingerprint density at radius 3 is 2.30 bits per heavy atom. The molecule has 0 radical (unpaired) electrons. The van der Waals surface area contributed by atoms with Crippen molar-refractivity contribution in [2.75, 3.05) is 13.6 Å². The van der Waals surface area contributed by atoms with Crippen LogP contribution < -0.4 is 0 Å². The lowest BCUT2D eigenvalue weighted by atomic mass is 9.81. The largest absolute Gasteiger partial charge is 0.302 e. The summed E-state index contributed by atoms with van der Waals surface area (Å²) in [6.45, 7) is 1.22. The maximum atomic E-state index is 2.55. The molecule has 1 heteroatoms. The fraction of sp³-hybridized carbons (Fsp3) is 0.368. The van der Waals surface area contributed by atoms with Gasteiger partial charge in [-0.3, -0.25) is 0 Å². The molecule has 2 aromatic rings. The Kier molecular flexibility index (Phi) is 4.17. The van der Waals surface area contributed by atoms with Gasteiger partial charge < -0.3 is 4.90 Å². The van der Waals surface area contributed by atoms with E-state index in [9.17, 15) is 0 Å². The first-order chi connectivity index (χ1) is 9.84. The summed E-state index contributed by atoms with van der Waals surface area (Å²) in [7, 11) is 2.28. The van der Waals surface area contributed by atoms with E-state index in [0.29, 0.717) is 12.0 Å². The van der Waals surface area contributed by atoms with Gasteiger partial charge in [-0.05, 0) is 49.9 Å². The maximum Gasteiger partial charge on any atom is 0.0201 e. The first kappa shape index (κ1) is 13.4. The Morgan fingerprint density at radius 2 is 1.60 bits per heavy atom. The van der Waals surface area contributed by atoms with Crippen molar-refractivity contribution in [1.82, 2.24) is 4.90 Å². The van der Waals surface area contributed by atoms with E-state index in [2.05, 4.69) is 72.6 Å². The average Bonchev–Trinajstić information content (AvgIpc) is 2.51. The van der Waals surface area contributed by atoms with Crippen LogP contribution in [-0.2, 0) is 6.42 Å². The van der Waals surface area contributed by atoms with Gasteiger partial charge >= 0.3 is 0 Å². The van der Waals surface area contributed by atoms with E-state index in [4.69, 9.17) is 0 Å². The van der Waals surface area contributed by atoms with Gasteiger partial charge in [0.1, 0.15) is 0 Å². The lowest BCUT2D eigenvalue weighted by molar-refractivity contribution is 0.159. The van der Waals surface area contributed by atoms with Crippen LogP contribution in [0, 0.1) is 0 Å². The molecule has 0 saturated carbocycles. The van der Waals surface area contributed by atoms with Crippen molar-refractivity contribution in [3.05, 3.63) is 71.8 Å². The van der Waals surface area contributed by atoms with Crippen molar-refractivity contribution in [3.63, 3.8) is 0 Å². The first-order valence-corrected chi connectivity index (χ1v) is 7.64. The Morgan fingerprint density at radius 1 is 0.950 bits per heavy atom. The van der Waals surface area contributed by atoms with E-state index in [0.717, 1.165) is 6.42 Å². The average molecular weight is 265 g/mol. The standard InChI is InChI=1S/C19H23N/c1-20-14-8-13-18(17-11-6-3-7-12-17)19(20)15-16-9-4-2-5-10-16/h2-7,9-12,18-19H,8,13-15H2,1H3/t18-,19+/m1/s1. The molecule has 1 fully saturated rings. The number of hydrogen-bond donors (Lipinski definition) is 0. The Labute approximate surface area is 122 Å². The summed E-state index contributed by atoms with van der Waals surface area (Å²) in [5, 5.41) is 0. The van der Waals surface area contributed by atoms with Crippen LogP contribution in [0.1, 0.15) is 29.9 Å². The zero-order valence-electron chi connectivity index (χ0n) is 12.2. The highest BCUT2D eigenvalue weighted by Gasteiger charge is 2.30. The second kappa shape index (κ2) is 6.23. The smallest absolute Gasteiger partial charge is 0.0201 e.